The molecule has 0 unspecified atom stereocenters. The number of nitrogens with zero attached hydrogens (tertiary/aromatic N) is 1. The first-order chi connectivity index (χ1) is 7.27. The molecule has 0 amide bonds. The third kappa shape index (κ3) is 1.55. The second-order valence-electron chi connectivity index (χ2n) is 4.49. The molecule has 1 aromatic rings. The normalized spacial score (nSPS) is 21.9. The quantitative estimate of drug-likeness (QED) is 0.710. The molecule has 15 heavy (non-hydrogen) atoms. The van der Waals surface area contributed by atoms with Crippen molar-refractivity contribution in [1.82, 2.24) is 4.98 Å². The van der Waals surface area contributed by atoms with E-state index in [1.807, 2.05) is 6.07 Å². The number of aromatic nitrogens is 1. The Morgan fingerprint density at radius 3 is 2.93 bits per heavy atom. The van der Waals surface area contributed by atoms with Crippen molar-refractivity contribution in [2.45, 2.75) is 31.2 Å². The molecule has 3 rings (SSSR count). The van der Waals surface area contributed by atoms with Gasteiger partial charge in [0, 0.05) is 18.3 Å². The average Bonchev–Trinajstić information content (AvgIpc) is 2.35. The molecule has 0 atom stereocenters. The van der Waals surface area contributed by atoms with E-state index in [4.69, 9.17) is 11.6 Å². The summed E-state index contributed by atoms with van der Waals surface area (Å²) in [5.41, 5.74) is 1.34. The lowest BCUT2D eigenvalue weighted by Gasteiger charge is -2.42. The van der Waals surface area contributed by atoms with Gasteiger partial charge in [0.05, 0.1) is 10.7 Å². The number of hydrogen-bond donors (Lipinski definition) is 2. The molecule has 1 aliphatic carbocycles. The van der Waals surface area contributed by atoms with Gasteiger partial charge in [0.25, 0.3) is 0 Å². The van der Waals surface area contributed by atoms with Gasteiger partial charge in [0.1, 0.15) is 5.82 Å². The lowest BCUT2D eigenvalue weighted by molar-refractivity contribution is 0.267. The minimum atomic E-state index is 0.305. The van der Waals surface area contributed by atoms with E-state index in [0.29, 0.717) is 10.6 Å². The molecule has 2 heterocycles. The van der Waals surface area contributed by atoms with Crippen LogP contribution in [0.1, 0.15) is 25.7 Å². The van der Waals surface area contributed by atoms with E-state index in [1.54, 1.807) is 6.20 Å². The van der Waals surface area contributed by atoms with Crippen LogP contribution in [0.4, 0.5) is 11.5 Å². The van der Waals surface area contributed by atoms with Crippen LogP contribution in [-0.4, -0.2) is 17.1 Å². The zero-order valence-electron chi connectivity index (χ0n) is 8.52. The highest BCUT2D eigenvalue weighted by Gasteiger charge is 2.38. The van der Waals surface area contributed by atoms with Gasteiger partial charge in [-0.3, -0.25) is 0 Å². The summed E-state index contributed by atoms with van der Waals surface area (Å²) in [6.45, 7) is 1.00. The van der Waals surface area contributed by atoms with E-state index >= 15 is 0 Å². The summed E-state index contributed by atoms with van der Waals surface area (Å²) in [5, 5.41) is 7.63. The van der Waals surface area contributed by atoms with Crippen molar-refractivity contribution in [1.29, 1.82) is 0 Å². The largest absolute Gasteiger partial charge is 0.382 e. The van der Waals surface area contributed by atoms with Gasteiger partial charge in [-0.1, -0.05) is 11.6 Å². The summed E-state index contributed by atoms with van der Waals surface area (Å²) >= 11 is 5.92. The summed E-state index contributed by atoms with van der Waals surface area (Å²) in [5.74, 6) is 0.955. The Bertz CT molecular complexity index is 387. The van der Waals surface area contributed by atoms with Crippen LogP contribution in [-0.2, 0) is 0 Å². The molecule has 0 aromatic carbocycles. The SMILES string of the molecule is Clc1cnc2c(c1)NCCC1(CCC1)N2. The number of nitrogens with one attached hydrogen (secondary N) is 2. The molecular weight excluding hydrogens is 210 g/mol. The van der Waals surface area contributed by atoms with E-state index in [-0.39, 0.29) is 0 Å². The monoisotopic (exact) mass is 223 g/mol. The number of halogens is 1. The highest BCUT2D eigenvalue weighted by atomic mass is 35.5. The van der Waals surface area contributed by atoms with Crippen molar-refractivity contribution in [2.75, 3.05) is 17.2 Å². The fraction of sp³-hybridized carbons (Fsp3) is 0.545. The molecule has 0 saturated heterocycles. The van der Waals surface area contributed by atoms with Gasteiger partial charge in [-0.05, 0) is 31.7 Å². The number of anilines is 2. The first-order valence-electron chi connectivity index (χ1n) is 5.45. The van der Waals surface area contributed by atoms with Gasteiger partial charge >= 0.3 is 0 Å². The molecule has 1 aromatic heterocycles. The lowest BCUT2D eigenvalue weighted by atomic mass is 9.74. The van der Waals surface area contributed by atoms with E-state index in [0.717, 1.165) is 18.1 Å². The Labute approximate surface area is 94.2 Å². The van der Waals surface area contributed by atoms with Gasteiger partial charge in [0.15, 0.2) is 0 Å². The smallest absolute Gasteiger partial charge is 0.149 e. The number of hydrogen-bond acceptors (Lipinski definition) is 3. The Morgan fingerprint density at radius 2 is 2.20 bits per heavy atom. The van der Waals surface area contributed by atoms with Gasteiger partial charge in [-0.15, -0.1) is 0 Å². The van der Waals surface area contributed by atoms with Crippen LogP contribution in [0.2, 0.25) is 5.02 Å². The number of fused-ring (bicyclic) bond motifs is 1. The van der Waals surface area contributed by atoms with Gasteiger partial charge in [0.2, 0.25) is 0 Å². The number of pyridine rings is 1. The molecule has 1 saturated carbocycles. The topological polar surface area (TPSA) is 37.0 Å². The maximum absolute atomic E-state index is 5.92. The maximum Gasteiger partial charge on any atom is 0.149 e. The third-order valence-corrected chi connectivity index (χ3v) is 3.67. The zero-order chi connectivity index (χ0) is 10.3. The van der Waals surface area contributed by atoms with Crippen molar-refractivity contribution in [3.8, 4) is 0 Å². The Kier molecular flexibility index (Phi) is 2.02. The summed E-state index contributed by atoms with van der Waals surface area (Å²) < 4.78 is 0. The Morgan fingerprint density at radius 1 is 1.33 bits per heavy atom. The Balaban J connectivity index is 1.95. The van der Waals surface area contributed by atoms with Crippen LogP contribution in [0.25, 0.3) is 0 Å². The van der Waals surface area contributed by atoms with Crippen LogP contribution < -0.4 is 10.6 Å². The molecule has 4 heteroatoms. The van der Waals surface area contributed by atoms with Crippen LogP contribution >= 0.6 is 11.6 Å². The van der Waals surface area contributed by atoms with Crippen molar-refractivity contribution in [3.63, 3.8) is 0 Å². The van der Waals surface area contributed by atoms with Crippen molar-refractivity contribution >= 4 is 23.1 Å². The minimum absolute atomic E-state index is 0.305. The predicted molar refractivity (Wildman–Crippen MR) is 62.6 cm³/mol. The molecule has 2 N–H and O–H groups in total. The van der Waals surface area contributed by atoms with Gasteiger partial charge < -0.3 is 10.6 Å². The first kappa shape index (κ1) is 9.28. The highest BCUT2D eigenvalue weighted by molar-refractivity contribution is 6.30. The maximum atomic E-state index is 5.92. The van der Waals surface area contributed by atoms with Crippen molar-refractivity contribution < 1.29 is 0 Å². The van der Waals surface area contributed by atoms with Gasteiger partial charge in [-0.2, -0.15) is 0 Å². The summed E-state index contributed by atoms with van der Waals surface area (Å²) in [7, 11) is 0. The summed E-state index contributed by atoms with van der Waals surface area (Å²) in [6.07, 6.45) is 6.72. The van der Waals surface area contributed by atoms with Gasteiger partial charge in [-0.25, -0.2) is 4.98 Å². The molecule has 1 spiro atoms. The van der Waals surface area contributed by atoms with E-state index in [9.17, 15) is 0 Å². The van der Waals surface area contributed by atoms with E-state index in [2.05, 4.69) is 15.6 Å². The molecule has 0 radical (unpaired) electrons. The molecule has 80 valence electrons. The van der Waals surface area contributed by atoms with Crippen LogP contribution in [0, 0.1) is 0 Å². The number of rotatable bonds is 0. The third-order valence-electron chi connectivity index (χ3n) is 3.47. The van der Waals surface area contributed by atoms with Crippen LogP contribution in [0.5, 0.6) is 0 Å². The fourth-order valence-electron chi connectivity index (χ4n) is 2.40. The predicted octanol–water partition coefficient (Wildman–Crippen LogP) is 2.89. The first-order valence-corrected chi connectivity index (χ1v) is 5.83. The lowest BCUT2D eigenvalue weighted by Crippen LogP contribution is -2.45. The Hall–Kier alpha value is -0.960. The van der Waals surface area contributed by atoms with Crippen molar-refractivity contribution in [2.24, 2.45) is 0 Å². The molecule has 1 fully saturated rings. The second-order valence-corrected chi connectivity index (χ2v) is 4.92. The van der Waals surface area contributed by atoms with E-state index in [1.165, 1.54) is 25.7 Å². The van der Waals surface area contributed by atoms with Crippen LogP contribution in [0.3, 0.4) is 0 Å². The average molecular weight is 224 g/mol. The molecular formula is C11H14ClN3. The standard InChI is InChI=1S/C11H14ClN3/c12-8-6-9-10(14-7-8)15-11(2-1-3-11)4-5-13-9/h6-7,13H,1-5H2,(H,14,15). The minimum Gasteiger partial charge on any atom is -0.382 e. The molecule has 3 nitrogen and oxygen atoms in total. The second kappa shape index (κ2) is 3.27. The molecule has 2 aliphatic rings. The fourth-order valence-corrected chi connectivity index (χ4v) is 2.56. The molecule has 0 bridgehead atoms. The highest BCUT2D eigenvalue weighted by Crippen LogP contribution is 2.41. The molecule has 1 aliphatic heterocycles. The summed E-state index contributed by atoms with van der Waals surface area (Å²) in [6, 6.07) is 1.94. The van der Waals surface area contributed by atoms with Crippen molar-refractivity contribution in [3.05, 3.63) is 17.3 Å². The zero-order valence-corrected chi connectivity index (χ0v) is 9.27. The van der Waals surface area contributed by atoms with E-state index < -0.39 is 0 Å². The van der Waals surface area contributed by atoms with Crippen LogP contribution in [0.15, 0.2) is 12.3 Å². The summed E-state index contributed by atoms with van der Waals surface area (Å²) in [4.78, 5) is 4.35.